The first-order chi connectivity index (χ1) is 13.9. The SMILES string of the molecule is COc1ccc(N2N=C(N(C(C)=O)c3cc(C)ccc3OC)CC2=O)c(OC)c1. The Balaban J connectivity index is 2.06. The van der Waals surface area contributed by atoms with Gasteiger partial charge in [0, 0.05) is 13.0 Å². The third kappa shape index (κ3) is 3.87. The van der Waals surface area contributed by atoms with Gasteiger partial charge in [0.05, 0.1) is 33.4 Å². The van der Waals surface area contributed by atoms with Crippen LogP contribution in [0.25, 0.3) is 0 Å². The Kier molecular flexibility index (Phi) is 5.72. The third-order valence-corrected chi connectivity index (χ3v) is 4.52. The van der Waals surface area contributed by atoms with Crippen molar-refractivity contribution in [3.8, 4) is 17.2 Å². The highest BCUT2D eigenvalue weighted by Gasteiger charge is 2.33. The molecule has 8 heteroatoms. The number of amidine groups is 1. The molecule has 0 spiro atoms. The highest BCUT2D eigenvalue weighted by atomic mass is 16.5. The van der Waals surface area contributed by atoms with E-state index in [4.69, 9.17) is 14.2 Å². The summed E-state index contributed by atoms with van der Waals surface area (Å²) in [4.78, 5) is 26.6. The molecular weight excluding hydrogens is 374 g/mol. The number of hydrogen-bond acceptors (Lipinski definition) is 6. The number of carbonyl (C=O) groups is 2. The Hall–Kier alpha value is -3.55. The van der Waals surface area contributed by atoms with Gasteiger partial charge in [-0.05, 0) is 36.8 Å². The summed E-state index contributed by atoms with van der Waals surface area (Å²) in [7, 11) is 4.58. The predicted octanol–water partition coefficient (Wildman–Crippen LogP) is 3.12. The second kappa shape index (κ2) is 8.22. The molecule has 0 aromatic heterocycles. The fraction of sp³-hybridized carbons (Fsp3) is 0.286. The fourth-order valence-corrected chi connectivity index (χ4v) is 3.15. The van der Waals surface area contributed by atoms with Crippen molar-refractivity contribution in [1.82, 2.24) is 0 Å². The van der Waals surface area contributed by atoms with Crippen LogP contribution >= 0.6 is 0 Å². The maximum Gasteiger partial charge on any atom is 0.255 e. The summed E-state index contributed by atoms with van der Waals surface area (Å²) < 4.78 is 16.0. The normalized spacial score (nSPS) is 13.2. The average Bonchev–Trinajstić information content (AvgIpc) is 3.08. The molecule has 0 unspecified atom stereocenters. The van der Waals surface area contributed by atoms with Gasteiger partial charge >= 0.3 is 0 Å². The highest BCUT2D eigenvalue weighted by molar-refractivity contribution is 6.26. The predicted molar refractivity (Wildman–Crippen MR) is 110 cm³/mol. The van der Waals surface area contributed by atoms with Crippen LogP contribution in [-0.4, -0.2) is 39.0 Å². The molecule has 2 aromatic carbocycles. The Morgan fingerprint density at radius 3 is 2.38 bits per heavy atom. The van der Waals surface area contributed by atoms with Crippen molar-refractivity contribution >= 4 is 29.0 Å². The maximum absolute atomic E-state index is 12.7. The van der Waals surface area contributed by atoms with Crippen LogP contribution in [0.4, 0.5) is 11.4 Å². The molecule has 1 aliphatic rings. The summed E-state index contributed by atoms with van der Waals surface area (Å²) in [6.07, 6.45) is -0.0359. The Morgan fingerprint density at radius 1 is 1.03 bits per heavy atom. The lowest BCUT2D eigenvalue weighted by Gasteiger charge is -2.22. The van der Waals surface area contributed by atoms with Gasteiger partial charge in [-0.15, -0.1) is 0 Å². The molecule has 1 heterocycles. The van der Waals surface area contributed by atoms with Gasteiger partial charge in [0.15, 0.2) is 0 Å². The number of benzene rings is 2. The lowest BCUT2D eigenvalue weighted by Crippen LogP contribution is -2.35. The van der Waals surface area contributed by atoms with Gasteiger partial charge < -0.3 is 14.2 Å². The number of rotatable bonds is 5. The van der Waals surface area contributed by atoms with Crippen molar-refractivity contribution in [3.05, 3.63) is 42.0 Å². The van der Waals surface area contributed by atoms with Crippen LogP contribution in [0.2, 0.25) is 0 Å². The van der Waals surface area contributed by atoms with Gasteiger partial charge in [-0.1, -0.05) is 6.07 Å². The summed E-state index contributed by atoms with van der Waals surface area (Å²) in [6.45, 7) is 3.34. The first-order valence-corrected chi connectivity index (χ1v) is 8.97. The monoisotopic (exact) mass is 397 g/mol. The van der Waals surface area contributed by atoms with Crippen molar-refractivity contribution < 1.29 is 23.8 Å². The van der Waals surface area contributed by atoms with Crippen LogP contribution in [0.5, 0.6) is 17.2 Å². The molecule has 2 aromatic rings. The van der Waals surface area contributed by atoms with E-state index in [1.165, 1.54) is 31.1 Å². The molecule has 0 aliphatic carbocycles. The Bertz CT molecular complexity index is 986. The van der Waals surface area contributed by atoms with Crippen molar-refractivity contribution in [2.24, 2.45) is 5.10 Å². The highest BCUT2D eigenvalue weighted by Crippen LogP contribution is 2.36. The molecule has 0 bridgehead atoms. The number of methoxy groups -OCH3 is 3. The number of hydrazone groups is 1. The molecule has 3 rings (SSSR count). The quantitative estimate of drug-likeness (QED) is 0.774. The number of anilines is 2. The number of hydrogen-bond donors (Lipinski definition) is 0. The van der Waals surface area contributed by atoms with E-state index in [-0.39, 0.29) is 18.2 Å². The van der Waals surface area contributed by atoms with Crippen molar-refractivity contribution in [2.75, 3.05) is 31.2 Å². The molecule has 0 fully saturated rings. The molecule has 0 radical (unpaired) electrons. The molecule has 1 aliphatic heterocycles. The molecule has 0 saturated carbocycles. The zero-order valence-corrected chi connectivity index (χ0v) is 17.1. The number of nitrogens with zero attached hydrogens (tertiary/aromatic N) is 3. The molecule has 2 amide bonds. The first kappa shape index (κ1) is 20.2. The number of ether oxygens (including phenoxy) is 3. The minimum atomic E-state index is -0.277. The Labute approximate surface area is 169 Å². The largest absolute Gasteiger partial charge is 0.497 e. The summed E-state index contributed by atoms with van der Waals surface area (Å²) >= 11 is 0. The van der Waals surface area contributed by atoms with E-state index in [0.717, 1.165) is 5.56 Å². The molecule has 29 heavy (non-hydrogen) atoms. The first-order valence-electron chi connectivity index (χ1n) is 8.97. The summed E-state index contributed by atoms with van der Waals surface area (Å²) in [6, 6.07) is 10.6. The van der Waals surface area contributed by atoms with Crippen molar-refractivity contribution in [1.29, 1.82) is 0 Å². The average molecular weight is 397 g/mol. The van der Waals surface area contributed by atoms with Gasteiger partial charge in [-0.2, -0.15) is 10.1 Å². The number of carbonyl (C=O) groups excluding carboxylic acids is 2. The van der Waals surface area contributed by atoms with E-state index < -0.39 is 0 Å². The fourth-order valence-electron chi connectivity index (χ4n) is 3.15. The van der Waals surface area contributed by atoms with Crippen molar-refractivity contribution in [3.63, 3.8) is 0 Å². The Morgan fingerprint density at radius 2 is 1.76 bits per heavy atom. The number of aryl methyl sites for hydroxylation is 1. The second-order valence-electron chi connectivity index (χ2n) is 6.47. The van der Waals surface area contributed by atoms with Gasteiger partial charge in [-0.3, -0.25) is 14.5 Å². The van der Waals surface area contributed by atoms with Crippen LogP contribution < -0.4 is 24.1 Å². The van der Waals surface area contributed by atoms with Crippen LogP contribution in [0, 0.1) is 6.92 Å². The lowest BCUT2D eigenvalue weighted by molar-refractivity contribution is -0.117. The van der Waals surface area contributed by atoms with Crippen LogP contribution in [0.3, 0.4) is 0 Å². The van der Waals surface area contributed by atoms with E-state index in [2.05, 4.69) is 5.10 Å². The summed E-state index contributed by atoms with van der Waals surface area (Å²) in [5, 5.41) is 5.68. The standard InChI is InChI=1S/C21H23N3O5/c1-13-6-9-18(28-4)17(10-13)23(14(2)25)20-12-21(26)24(22-20)16-8-7-15(27-3)11-19(16)29-5/h6-11H,12H2,1-5H3. The second-order valence-corrected chi connectivity index (χ2v) is 6.47. The smallest absolute Gasteiger partial charge is 0.255 e. The molecule has 0 N–H and O–H groups in total. The van der Waals surface area contributed by atoms with E-state index in [1.807, 2.05) is 19.1 Å². The minimum Gasteiger partial charge on any atom is -0.497 e. The zero-order chi connectivity index (χ0) is 21.1. The van der Waals surface area contributed by atoms with E-state index in [0.29, 0.717) is 34.5 Å². The molecule has 0 saturated heterocycles. The van der Waals surface area contributed by atoms with Gasteiger partial charge in [0.1, 0.15) is 28.8 Å². The molecule has 0 atom stereocenters. The molecule has 8 nitrogen and oxygen atoms in total. The zero-order valence-electron chi connectivity index (χ0n) is 17.1. The third-order valence-electron chi connectivity index (χ3n) is 4.52. The van der Waals surface area contributed by atoms with Crippen LogP contribution in [-0.2, 0) is 9.59 Å². The minimum absolute atomic E-state index is 0.0359. The summed E-state index contributed by atoms with van der Waals surface area (Å²) in [5.41, 5.74) is 1.95. The van der Waals surface area contributed by atoms with Gasteiger partial charge in [-0.25, -0.2) is 0 Å². The van der Waals surface area contributed by atoms with Gasteiger partial charge in [0.25, 0.3) is 5.91 Å². The maximum atomic E-state index is 12.7. The van der Waals surface area contributed by atoms with E-state index in [9.17, 15) is 9.59 Å². The van der Waals surface area contributed by atoms with E-state index >= 15 is 0 Å². The van der Waals surface area contributed by atoms with Crippen LogP contribution in [0.15, 0.2) is 41.5 Å². The topological polar surface area (TPSA) is 80.7 Å². The lowest BCUT2D eigenvalue weighted by atomic mass is 10.1. The molecule has 152 valence electrons. The van der Waals surface area contributed by atoms with Crippen molar-refractivity contribution in [2.45, 2.75) is 20.3 Å². The number of amides is 2. The van der Waals surface area contributed by atoms with Gasteiger partial charge in [0.2, 0.25) is 5.91 Å². The molecular formula is C21H23N3O5. The summed E-state index contributed by atoms with van der Waals surface area (Å²) in [5.74, 6) is 1.30. The van der Waals surface area contributed by atoms with Crippen LogP contribution in [0.1, 0.15) is 18.9 Å². The van der Waals surface area contributed by atoms with E-state index in [1.54, 1.807) is 31.4 Å².